The van der Waals surface area contributed by atoms with E-state index in [9.17, 15) is 24.6 Å². The summed E-state index contributed by atoms with van der Waals surface area (Å²) in [6.07, 6.45) is 13.2. The summed E-state index contributed by atoms with van der Waals surface area (Å²) in [5.41, 5.74) is 0.924. The van der Waals surface area contributed by atoms with Crippen molar-refractivity contribution >= 4 is 40.7 Å². The summed E-state index contributed by atoms with van der Waals surface area (Å²) in [6, 6.07) is 2.64. The van der Waals surface area contributed by atoms with Crippen LogP contribution in [0, 0.1) is 44.5 Å². The maximum atomic E-state index is 14.6. The fraction of sp³-hybridized carbons (Fsp3) is 0.703. The first kappa shape index (κ1) is 33.3. The lowest BCUT2D eigenvalue weighted by atomic mass is 9.49. The second kappa shape index (κ2) is 13.6. The van der Waals surface area contributed by atoms with E-state index in [0.717, 1.165) is 55.6 Å². The Morgan fingerprint density at radius 1 is 1.06 bits per heavy atom. The Morgan fingerprint density at radius 2 is 1.79 bits per heavy atom. The molecule has 1 aromatic rings. The number of amides is 2. The van der Waals surface area contributed by atoms with Crippen molar-refractivity contribution in [2.45, 2.75) is 95.3 Å². The summed E-state index contributed by atoms with van der Waals surface area (Å²) >= 11 is 2.08. The number of ether oxygens (including phenoxy) is 2. The highest BCUT2D eigenvalue weighted by atomic mass is 127. The number of rotatable bonds is 12. The van der Waals surface area contributed by atoms with Crippen molar-refractivity contribution in [2.75, 3.05) is 26.8 Å². The van der Waals surface area contributed by atoms with Crippen LogP contribution in [-0.2, 0) is 9.59 Å². The number of aliphatic hydroxyl groups is 2. The Morgan fingerprint density at radius 3 is 2.38 bits per heavy atom. The molecule has 6 atom stereocenters. The van der Waals surface area contributed by atoms with Gasteiger partial charge in [-0.3, -0.25) is 14.4 Å². The van der Waals surface area contributed by atoms with Gasteiger partial charge in [0.05, 0.1) is 23.3 Å². The third-order valence-corrected chi connectivity index (χ3v) is 13.4. The lowest BCUT2D eigenvalue weighted by Gasteiger charge is -2.58. The molecule has 47 heavy (non-hydrogen) atoms. The molecule has 8 rings (SSSR count). The normalized spacial score (nSPS) is 36.6. The summed E-state index contributed by atoms with van der Waals surface area (Å²) < 4.78 is 12.7. The molecule has 3 N–H and O–H groups in total. The summed E-state index contributed by atoms with van der Waals surface area (Å²) in [5.74, 6) is 4.39. The van der Waals surface area contributed by atoms with Crippen LogP contribution in [0.5, 0.6) is 11.5 Å². The Kier molecular flexibility index (Phi) is 9.65. The molecule has 2 amide bonds. The van der Waals surface area contributed by atoms with Crippen molar-refractivity contribution in [1.29, 1.82) is 0 Å². The van der Waals surface area contributed by atoms with Crippen LogP contribution >= 0.6 is 22.6 Å². The van der Waals surface area contributed by atoms with Crippen molar-refractivity contribution in [1.82, 2.24) is 10.2 Å². The first-order valence-corrected chi connectivity index (χ1v) is 18.8. The summed E-state index contributed by atoms with van der Waals surface area (Å²) in [6.45, 7) is 0.530. The molecule has 9 nitrogen and oxygen atoms in total. The van der Waals surface area contributed by atoms with E-state index in [2.05, 4.69) is 27.9 Å². The van der Waals surface area contributed by atoms with Crippen LogP contribution in [-0.4, -0.2) is 78.3 Å². The van der Waals surface area contributed by atoms with E-state index in [4.69, 9.17) is 9.47 Å². The average molecular weight is 761 g/mol. The number of nitrogens with one attached hydrogen (secondary N) is 1. The number of halogens is 1. The van der Waals surface area contributed by atoms with E-state index < -0.39 is 18.2 Å². The molecule has 1 aromatic carbocycles. The number of hydrogen-bond acceptors (Lipinski definition) is 7. The minimum Gasteiger partial charge on any atom is -0.493 e. The largest absolute Gasteiger partial charge is 0.493 e. The van der Waals surface area contributed by atoms with Crippen molar-refractivity contribution in [3.05, 3.63) is 32.9 Å². The van der Waals surface area contributed by atoms with Gasteiger partial charge in [-0.2, -0.15) is 0 Å². The van der Waals surface area contributed by atoms with Crippen LogP contribution in [0.4, 0.5) is 0 Å². The van der Waals surface area contributed by atoms with Gasteiger partial charge >= 0.3 is 0 Å². The van der Waals surface area contributed by atoms with Crippen molar-refractivity contribution < 1.29 is 34.1 Å². The fourth-order valence-corrected chi connectivity index (χ4v) is 11.8. The zero-order chi connectivity index (χ0) is 32.9. The summed E-state index contributed by atoms with van der Waals surface area (Å²) in [7, 11) is 1.50. The molecule has 7 aliphatic rings. The van der Waals surface area contributed by atoms with E-state index in [1.807, 2.05) is 4.90 Å². The van der Waals surface area contributed by atoms with Gasteiger partial charge in [0.2, 0.25) is 11.8 Å². The minimum atomic E-state index is -1.09. The number of nitrogens with zero attached hydrogens (tertiary/aromatic N) is 1. The monoisotopic (exact) mass is 760 g/mol. The molecule has 6 fully saturated rings. The molecule has 0 spiro atoms. The number of methoxy groups -OCH3 is 1. The van der Waals surface area contributed by atoms with E-state index in [-0.39, 0.29) is 36.8 Å². The number of hydrogen-bond donors (Lipinski definition) is 3. The SMILES string of the molecule is COc1cc(C=O)cc(I)c1O[C@H]1C=C(C(=O)NCCO)C[C@@H](N(CC23CC4CC(CC(C4)C2)C3)C(=O)CC2CC3CCC2C3)[C@@H]1O. The van der Waals surface area contributed by atoms with E-state index in [1.165, 1.54) is 45.6 Å². The maximum absolute atomic E-state index is 14.6. The summed E-state index contributed by atoms with van der Waals surface area (Å²) in [5, 5.41) is 24.4. The zero-order valence-corrected chi connectivity index (χ0v) is 29.5. The van der Waals surface area contributed by atoms with E-state index >= 15 is 0 Å². The molecule has 3 unspecified atom stereocenters. The molecule has 0 aliphatic heterocycles. The third kappa shape index (κ3) is 6.72. The number of benzene rings is 1. The topological polar surface area (TPSA) is 125 Å². The molecule has 0 radical (unpaired) electrons. The van der Waals surface area contributed by atoms with Crippen LogP contribution < -0.4 is 14.8 Å². The average Bonchev–Trinajstić information content (AvgIpc) is 3.67. The van der Waals surface area contributed by atoms with E-state index in [1.54, 1.807) is 18.2 Å². The first-order valence-electron chi connectivity index (χ1n) is 17.7. The van der Waals surface area contributed by atoms with E-state index in [0.29, 0.717) is 51.0 Å². The number of carbonyl (C=O) groups excluding carboxylic acids is 3. The lowest BCUT2D eigenvalue weighted by molar-refractivity contribution is -0.148. The Bertz CT molecular complexity index is 1380. The Hall–Kier alpha value is -2.18. The molecule has 0 aromatic heterocycles. The lowest BCUT2D eigenvalue weighted by Crippen LogP contribution is -2.59. The molecule has 6 bridgehead atoms. The van der Waals surface area contributed by atoms with Crippen LogP contribution in [0.15, 0.2) is 23.8 Å². The van der Waals surface area contributed by atoms with Crippen LogP contribution in [0.1, 0.15) is 87.4 Å². The highest BCUT2D eigenvalue weighted by molar-refractivity contribution is 14.1. The minimum absolute atomic E-state index is 0.0545. The number of aliphatic hydroxyl groups excluding tert-OH is 2. The predicted octanol–water partition coefficient (Wildman–Crippen LogP) is 4.90. The van der Waals surface area contributed by atoms with Gasteiger partial charge in [0, 0.05) is 37.1 Å². The number of carbonyl (C=O) groups is 3. The van der Waals surface area contributed by atoms with Crippen molar-refractivity contribution in [3.63, 3.8) is 0 Å². The van der Waals surface area contributed by atoms with Gasteiger partial charge in [-0.1, -0.05) is 6.42 Å². The second-order valence-corrected chi connectivity index (χ2v) is 16.9. The van der Waals surface area contributed by atoms with Gasteiger partial charge in [-0.15, -0.1) is 0 Å². The third-order valence-electron chi connectivity index (χ3n) is 12.6. The fourth-order valence-electron chi connectivity index (χ4n) is 11.0. The van der Waals surface area contributed by atoms with Crippen molar-refractivity contribution in [3.8, 4) is 11.5 Å². The quantitative estimate of drug-likeness (QED) is 0.205. The maximum Gasteiger partial charge on any atom is 0.247 e. The Labute approximate surface area is 291 Å². The van der Waals surface area contributed by atoms with Gasteiger partial charge in [0.1, 0.15) is 18.5 Å². The molecule has 256 valence electrons. The first-order chi connectivity index (χ1) is 22.7. The van der Waals surface area contributed by atoms with Gasteiger partial charge in [0.15, 0.2) is 11.5 Å². The second-order valence-electron chi connectivity index (χ2n) is 15.7. The van der Waals surface area contributed by atoms with Crippen LogP contribution in [0.3, 0.4) is 0 Å². The van der Waals surface area contributed by atoms with Gasteiger partial charge in [-0.25, -0.2) is 0 Å². The molecule has 10 heteroatoms. The van der Waals surface area contributed by atoms with Gasteiger partial charge in [0.25, 0.3) is 0 Å². The molecular formula is C37H49IN2O7. The van der Waals surface area contributed by atoms with Gasteiger partial charge < -0.3 is 29.9 Å². The Balaban J connectivity index is 1.22. The standard InChI is InChI=1S/C37H49IN2O7/c1-46-32-12-25(19-42)11-29(38)35(32)47-31-14-28(36(45)39-4-5-41)13-30(34(31)44)40(33(43)15-27-10-21-2-3-26(27)9-21)20-37-16-22-6-23(17-37)8-24(7-22)18-37/h11-12,14,19,21-24,26-27,30-31,34,41,44H,2-10,13,15-18,20H2,1H3,(H,39,45)/t21?,22?,23?,24?,26?,27?,30-,31+,34+,37?/m1/s1. The molecule has 0 heterocycles. The molecular weight excluding hydrogens is 711 g/mol. The highest BCUT2D eigenvalue weighted by Crippen LogP contribution is 2.60. The molecule has 6 saturated carbocycles. The van der Waals surface area contributed by atoms with Crippen LogP contribution in [0.25, 0.3) is 0 Å². The number of fused-ring (bicyclic) bond motifs is 2. The van der Waals surface area contributed by atoms with Crippen molar-refractivity contribution in [2.24, 2.45) is 40.9 Å². The highest BCUT2D eigenvalue weighted by Gasteiger charge is 2.53. The van der Waals surface area contributed by atoms with Gasteiger partial charge in [-0.05, 0) is 140 Å². The van der Waals surface area contributed by atoms with Crippen LogP contribution in [0.2, 0.25) is 0 Å². The molecule has 7 aliphatic carbocycles. The molecule has 0 saturated heterocycles. The number of aldehydes is 1. The zero-order valence-electron chi connectivity index (χ0n) is 27.4. The smallest absolute Gasteiger partial charge is 0.247 e. The summed E-state index contributed by atoms with van der Waals surface area (Å²) in [4.78, 5) is 41.6. The predicted molar refractivity (Wildman–Crippen MR) is 184 cm³/mol.